The first-order valence-electron chi connectivity index (χ1n) is 13.8. The van der Waals surface area contributed by atoms with E-state index < -0.39 is 0 Å². The summed E-state index contributed by atoms with van der Waals surface area (Å²) in [5.74, 6) is 0.368. The molecule has 0 bridgehead atoms. The van der Waals surface area contributed by atoms with Crippen molar-refractivity contribution in [2.45, 2.75) is 51.1 Å². The third-order valence-corrected chi connectivity index (χ3v) is 7.67. The number of carbonyl (C=O) groups excluding carboxylic acids is 2. The number of hydrogen-bond acceptors (Lipinski definition) is 5. The van der Waals surface area contributed by atoms with Gasteiger partial charge < -0.3 is 14.3 Å². The van der Waals surface area contributed by atoms with Gasteiger partial charge in [0.25, 0.3) is 0 Å². The number of aromatic nitrogens is 2. The molecule has 1 aliphatic heterocycles. The van der Waals surface area contributed by atoms with E-state index in [-0.39, 0.29) is 30.3 Å². The zero-order chi connectivity index (χ0) is 27.9. The maximum atomic E-state index is 13.9. The van der Waals surface area contributed by atoms with E-state index in [9.17, 15) is 9.59 Å². The number of nitrogens with zero attached hydrogens (tertiary/aromatic N) is 4. The van der Waals surface area contributed by atoms with Gasteiger partial charge in [-0.2, -0.15) is 4.98 Å². The fourth-order valence-electron chi connectivity index (χ4n) is 5.30. The number of piperidine rings is 1. The van der Waals surface area contributed by atoms with Crippen LogP contribution in [-0.4, -0.2) is 44.8 Å². The summed E-state index contributed by atoms with van der Waals surface area (Å²) >= 11 is 6.02. The van der Waals surface area contributed by atoms with E-state index >= 15 is 0 Å². The van der Waals surface area contributed by atoms with Crippen LogP contribution < -0.4 is 0 Å². The highest BCUT2D eigenvalue weighted by Gasteiger charge is 2.34. The van der Waals surface area contributed by atoms with Crippen molar-refractivity contribution in [3.63, 3.8) is 0 Å². The summed E-state index contributed by atoms with van der Waals surface area (Å²) in [6.07, 6.45) is 3.20. The predicted octanol–water partition coefficient (Wildman–Crippen LogP) is 6.67. The molecule has 0 radical (unpaired) electrons. The van der Waals surface area contributed by atoms with Crippen molar-refractivity contribution in [2.24, 2.45) is 0 Å². The molecule has 7 nitrogen and oxygen atoms in total. The van der Waals surface area contributed by atoms with Crippen LogP contribution in [-0.2, 0) is 16.1 Å². The van der Waals surface area contributed by atoms with Crippen LogP contribution >= 0.6 is 11.6 Å². The van der Waals surface area contributed by atoms with Crippen LogP contribution in [0.3, 0.4) is 0 Å². The summed E-state index contributed by atoms with van der Waals surface area (Å²) in [5, 5.41) is 4.79. The molecular formula is C32H33ClN4O3. The highest BCUT2D eigenvalue weighted by molar-refractivity contribution is 6.30. The Labute approximate surface area is 239 Å². The van der Waals surface area contributed by atoms with Crippen molar-refractivity contribution < 1.29 is 14.1 Å². The largest absolute Gasteiger partial charge is 0.337 e. The Morgan fingerprint density at radius 2 is 1.70 bits per heavy atom. The first kappa shape index (κ1) is 27.6. The molecule has 0 spiro atoms. The van der Waals surface area contributed by atoms with E-state index in [1.54, 1.807) is 21.9 Å². The van der Waals surface area contributed by atoms with Gasteiger partial charge in [-0.25, -0.2) is 0 Å². The lowest BCUT2D eigenvalue weighted by molar-refractivity contribution is -0.144. The number of hydrogen-bond donors (Lipinski definition) is 0. The average molecular weight is 557 g/mol. The van der Waals surface area contributed by atoms with Crippen molar-refractivity contribution in [3.05, 3.63) is 107 Å². The zero-order valence-corrected chi connectivity index (χ0v) is 23.3. The molecule has 2 heterocycles. The number of amides is 2. The maximum Gasteiger partial charge on any atom is 0.249 e. The molecule has 0 saturated carbocycles. The van der Waals surface area contributed by atoms with E-state index in [0.717, 1.165) is 36.0 Å². The van der Waals surface area contributed by atoms with Gasteiger partial charge in [-0.1, -0.05) is 84.3 Å². The molecule has 8 heteroatoms. The molecule has 0 aliphatic carbocycles. The van der Waals surface area contributed by atoms with Crippen LogP contribution in [0.5, 0.6) is 0 Å². The Bertz CT molecular complexity index is 1410. The summed E-state index contributed by atoms with van der Waals surface area (Å²) < 4.78 is 5.66. The molecule has 4 aromatic rings. The van der Waals surface area contributed by atoms with Gasteiger partial charge in [0.05, 0.1) is 5.92 Å². The zero-order valence-electron chi connectivity index (χ0n) is 22.6. The number of likely N-dealkylation sites (tertiary alicyclic amines) is 1. The second-order valence-corrected chi connectivity index (χ2v) is 10.5. The Morgan fingerprint density at radius 1 is 1.00 bits per heavy atom. The molecule has 0 N–H and O–H groups in total. The molecule has 1 aromatic heterocycles. The average Bonchev–Trinajstić information content (AvgIpc) is 3.49. The smallest absolute Gasteiger partial charge is 0.249 e. The second kappa shape index (κ2) is 12.9. The van der Waals surface area contributed by atoms with Crippen LogP contribution in [0.25, 0.3) is 11.4 Å². The van der Waals surface area contributed by atoms with Crippen LogP contribution in [0.1, 0.15) is 61.6 Å². The first-order valence-corrected chi connectivity index (χ1v) is 14.2. The fourth-order valence-corrected chi connectivity index (χ4v) is 5.43. The minimum Gasteiger partial charge on any atom is -0.337 e. The van der Waals surface area contributed by atoms with Gasteiger partial charge in [-0.05, 0) is 61.1 Å². The van der Waals surface area contributed by atoms with E-state index in [1.807, 2.05) is 79.7 Å². The van der Waals surface area contributed by atoms with E-state index in [2.05, 4.69) is 10.1 Å². The Morgan fingerprint density at radius 3 is 2.40 bits per heavy atom. The second-order valence-electron chi connectivity index (χ2n) is 10.1. The van der Waals surface area contributed by atoms with Crippen LogP contribution in [0, 0.1) is 0 Å². The monoisotopic (exact) mass is 556 g/mol. The molecule has 206 valence electrons. The van der Waals surface area contributed by atoms with Crippen molar-refractivity contribution in [1.29, 1.82) is 0 Å². The topological polar surface area (TPSA) is 79.5 Å². The van der Waals surface area contributed by atoms with Crippen molar-refractivity contribution >= 4 is 23.4 Å². The molecule has 1 saturated heterocycles. The molecule has 2 amide bonds. The van der Waals surface area contributed by atoms with Crippen molar-refractivity contribution in [2.75, 3.05) is 13.1 Å². The van der Waals surface area contributed by atoms with Gasteiger partial charge in [0.1, 0.15) is 12.6 Å². The van der Waals surface area contributed by atoms with Crippen molar-refractivity contribution in [1.82, 2.24) is 19.9 Å². The molecular weight excluding hydrogens is 524 g/mol. The molecule has 3 aromatic carbocycles. The lowest BCUT2D eigenvalue weighted by atomic mass is 9.94. The molecule has 0 unspecified atom stereocenters. The van der Waals surface area contributed by atoms with Crippen LogP contribution in [0.2, 0.25) is 5.02 Å². The third-order valence-electron chi connectivity index (χ3n) is 7.41. The quantitative estimate of drug-likeness (QED) is 0.230. The van der Waals surface area contributed by atoms with Crippen molar-refractivity contribution in [3.8, 4) is 11.4 Å². The fraction of sp³-hybridized carbons (Fsp3) is 0.312. The van der Waals surface area contributed by atoms with Gasteiger partial charge in [-0.3, -0.25) is 9.59 Å². The molecule has 2 atom stereocenters. The molecule has 5 rings (SSSR count). The Hall–Kier alpha value is -3.97. The Balaban J connectivity index is 1.38. The predicted molar refractivity (Wildman–Crippen MR) is 154 cm³/mol. The summed E-state index contributed by atoms with van der Waals surface area (Å²) in [6, 6.07) is 26.5. The highest BCUT2D eigenvalue weighted by Crippen LogP contribution is 2.32. The van der Waals surface area contributed by atoms with Crippen LogP contribution in [0.4, 0.5) is 0 Å². The van der Waals surface area contributed by atoms with E-state index in [0.29, 0.717) is 36.2 Å². The Kier molecular flexibility index (Phi) is 8.91. The summed E-state index contributed by atoms with van der Waals surface area (Å²) in [4.78, 5) is 35.9. The molecule has 1 fully saturated rings. The summed E-state index contributed by atoms with van der Waals surface area (Å²) in [6.45, 7) is 2.91. The number of rotatable bonds is 9. The first-order chi connectivity index (χ1) is 19.5. The normalized spacial score (nSPS) is 15.9. The molecule has 1 aliphatic rings. The summed E-state index contributed by atoms with van der Waals surface area (Å²) in [7, 11) is 0. The van der Waals surface area contributed by atoms with Gasteiger partial charge >= 0.3 is 0 Å². The lowest BCUT2D eigenvalue weighted by Gasteiger charge is -2.35. The standard InChI is InChI=1S/C32H33ClN4O3/c1-2-27(24-13-7-4-8-14-24)32(39)36(21-23-11-5-3-6-12-23)22-29(38)37-20-10-9-15-28(37)31-34-30(35-40-31)25-16-18-26(33)19-17-25/h3-8,11-14,16-19,27-28H,2,9-10,15,20-22H2,1H3/t27-,28+/m1/s1. The highest BCUT2D eigenvalue weighted by atomic mass is 35.5. The van der Waals surface area contributed by atoms with Crippen LogP contribution in [0.15, 0.2) is 89.5 Å². The minimum absolute atomic E-state index is 0.0221. The molecule has 40 heavy (non-hydrogen) atoms. The maximum absolute atomic E-state index is 13.9. The van der Waals surface area contributed by atoms with E-state index in [4.69, 9.17) is 16.1 Å². The van der Waals surface area contributed by atoms with Gasteiger partial charge in [0.2, 0.25) is 23.5 Å². The lowest BCUT2D eigenvalue weighted by Crippen LogP contribution is -2.46. The van der Waals surface area contributed by atoms with Gasteiger partial charge in [-0.15, -0.1) is 0 Å². The third kappa shape index (κ3) is 6.42. The number of carbonyl (C=O) groups is 2. The number of benzene rings is 3. The van der Waals surface area contributed by atoms with Gasteiger partial charge in [0, 0.05) is 23.7 Å². The SMILES string of the molecule is CC[C@@H](C(=O)N(CC(=O)N1CCCC[C@H]1c1nc(-c2ccc(Cl)cc2)no1)Cc1ccccc1)c1ccccc1. The number of halogens is 1. The van der Waals surface area contributed by atoms with Gasteiger partial charge in [0.15, 0.2) is 0 Å². The minimum atomic E-state index is -0.334. The summed E-state index contributed by atoms with van der Waals surface area (Å²) in [5.41, 5.74) is 2.72. The van der Waals surface area contributed by atoms with E-state index in [1.165, 1.54) is 0 Å².